The first-order valence-corrected chi connectivity index (χ1v) is 8.22. The SMILES string of the molecule is COc1cccc(Nc2ncnc(Nc3cc(C)ccc3C)c2[N+](=O)[O-])c1. The zero-order valence-corrected chi connectivity index (χ0v) is 15.2. The molecule has 138 valence electrons. The molecule has 8 nitrogen and oxygen atoms in total. The Morgan fingerprint density at radius 2 is 1.78 bits per heavy atom. The molecule has 0 bridgehead atoms. The minimum atomic E-state index is -0.504. The minimum absolute atomic E-state index is 0.0936. The molecule has 1 heterocycles. The Bertz CT molecular complexity index is 991. The van der Waals surface area contributed by atoms with Crippen LogP contribution >= 0.6 is 0 Å². The molecule has 2 aromatic carbocycles. The van der Waals surface area contributed by atoms with Gasteiger partial charge in [0.1, 0.15) is 12.1 Å². The summed E-state index contributed by atoms with van der Waals surface area (Å²) in [7, 11) is 1.55. The molecule has 0 saturated carbocycles. The summed E-state index contributed by atoms with van der Waals surface area (Å²) in [5.41, 5.74) is 3.13. The molecule has 0 aliphatic heterocycles. The van der Waals surface area contributed by atoms with Crippen LogP contribution in [-0.2, 0) is 0 Å². The Labute approximate surface area is 156 Å². The van der Waals surface area contributed by atoms with E-state index in [9.17, 15) is 10.1 Å². The maximum Gasteiger partial charge on any atom is 0.353 e. The van der Waals surface area contributed by atoms with Crippen LogP contribution in [0.5, 0.6) is 5.75 Å². The van der Waals surface area contributed by atoms with Gasteiger partial charge >= 0.3 is 5.69 Å². The van der Waals surface area contributed by atoms with Gasteiger partial charge in [0.2, 0.25) is 11.6 Å². The minimum Gasteiger partial charge on any atom is -0.497 e. The predicted molar refractivity (Wildman–Crippen MR) is 104 cm³/mol. The van der Waals surface area contributed by atoms with Gasteiger partial charge in [-0.1, -0.05) is 18.2 Å². The van der Waals surface area contributed by atoms with Crippen LogP contribution in [0, 0.1) is 24.0 Å². The third kappa shape index (κ3) is 4.12. The Hall–Kier alpha value is -3.68. The lowest BCUT2D eigenvalue weighted by atomic mass is 10.1. The van der Waals surface area contributed by atoms with Gasteiger partial charge in [-0.15, -0.1) is 0 Å². The zero-order valence-electron chi connectivity index (χ0n) is 15.2. The Balaban J connectivity index is 1.99. The molecule has 1 aromatic heterocycles. The van der Waals surface area contributed by atoms with E-state index >= 15 is 0 Å². The Morgan fingerprint density at radius 1 is 1.04 bits per heavy atom. The van der Waals surface area contributed by atoms with Crippen LogP contribution in [0.25, 0.3) is 0 Å². The van der Waals surface area contributed by atoms with E-state index in [0.717, 1.165) is 16.8 Å². The molecule has 3 rings (SSSR count). The van der Waals surface area contributed by atoms with Crippen LogP contribution in [0.15, 0.2) is 48.8 Å². The van der Waals surface area contributed by atoms with Gasteiger partial charge in [-0.25, -0.2) is 9.97 Å². The van der Waals surface area contributed by atoms with E-state index in [4.69, 9.17) is 4.74 Å². The molecule has 3 aromatic rings. The normalized spacial score (nSPS) is 10.3. The molecule has 2 N–H and O–H groups in total. The van der Waals surface area contributed by atoms with E-state index in [2.05, 4.69) is 20.6 Å². The lowest BCUT2D eigenvalue weighted by Gasteiger charge is -2.12. The molecule has 0 aliphatic rings. The van der Waals surface area contributed by atoms with Crippen molar-refractivity contribution >= 4 is 28.7 Å². The second kappa shape index (κ2) is 7.69. The number of hydrogen-bond donors (Lipinski definition) is 2. The second-order valence-corrected chi connectivity index (χ2v) is 5.98. The van der Waals surface area contributed by atoms with Crippen molar-refractivity contribution in [2.75, 3.05) is 17.7 Å². The van der Waals surface area contributed by atoms with Gasteiger partial charge in [0, 0.05) is 17.4 Å². The molecule has 0 spiro atoms. The lowest BCUT2D eigenvalue weighted by Crippen LogP contribution is -2.06. The fraction of sp³-hybridized carbons (Fsp3) is 0.158. The second-order valence-electron chi connectivity index (χ2n) is 5.98. The van der Waals surface area contributed by atoms with E-state index in [-0.39, 0.29) is 17.3 Å². The third-order valence-electron chi connectivity index (χ3n) is 3.98. The lowest BCUT2D eigenvalue weighted by molar-refractivity contribution is -0.383. The third-order valence-corrected chi connectivity index (χ3v) is 3.98. The number of rotatable bonds is 6. The van der Waals surface area contributed by atoms with Crippen molar-refractivity contribution in [3.63, 3.8) is 0 Å². The first kappa shape index (κ1) is 18.1. The molecule has 27 heavy (non-hydrogen) atoms. The monoisotopic (exact) mass is 365 g/mol. The summed E-state index contributed by atoms with van der Waals surface area (Å²) >= 11 is 0. The summed E-state index contributed by atoms with van der Waals surface area (Å²) in [6.07, 6.45) is 1.28. The summed E-state index contributed by atoms with van der Waals surface area (Å²) in [5, 5.41) is 17.7. The summed E-state index contributed by atoms with van der Waals surface area (Å²) in [4.78, 5) is 19.3. The summed E-state index contributed by atoms with van der Waals surface area (Å²) in [6.45, 7) is 3.87. The van der Waals surface area contributed by atoms with Gasteiger partial charge in [-0.05, 0) is 43.2 Å². The van der Waals surface area contributed by atoms with Crippen LogP contribution < -0.4 is 15.4 Å². The van der Waals surface area contributed by atoms with Crippen molar-refractivity contribution in [1.82, 2.24) is 9.97 Å². The van der Waals surface area contributed by atoms with Crippen molar-refractivity contribution in [2.45, 2.75) is 13.8 Å². The molecule has 0 unspecified atom stereocenters. The van der Waals surface area contributed by atoms with Crippen LogP contribution in [0.4, 0.5) is 28.7 Å². The zero-order chi connectivity index (χ0) is 19.4. The molecule has 0 saturated heterocycles. The average molecular weight is 365 g/mol. The fourth-order valence-electron chi connectivity index (χ4n) is 2.57. The number of nitrogens with one attached hydrogen (secondary N) is 2. The smallest absolute Gasteiger partial charge is 0.353 e. The van der Waals surface area contributed by atoms with Gasteiger partial charge < -0.3 is 15.4 Å². The number of methoxy groups -OCH3 is 1. The van der Waals surface area contributed by atoms with Gasteiger partial charge in [0.25, 0.3) is 0 Å². The number of nitrogens with zero attached hydrogens (tertiary/aromatic N) is 3. The summed E-state index contributed by atoms with van der Waals surface area (Å²) in [6, 6.07) is 12.9. The van der Waals surface area contributed by atoms with Crippen LogP contribution in [0.2, 0.25) is 0 Å². The van der Waals surface area contributed by atoms with E-state index in [0.29, 0.717) is 11.4 Å². The maximum absolute atomic E-state index is 11.7. The maximum atomic E-state index is 11.7. The fourth-order valence-corrected chi connectivity index (χ4v) is 2.57. The number of aromatic nitrogens is 2. The average Bonchev–Trinajstić information content (AvgIpc) is 2.65. The molecule has 0 fully saturated rings. The molecule has 0 aliphatic carbocycles. The van der Waals surface area contributed by atoms with Gasteiger partial charge in [-0.2, -0.15) is 0 Å². The number of aryl methyl sites for hydroxylation is 2. The van der Waals surface area contributed by atoms with Crippen molar-refractivity contribution < 1.29 is 9.66 Å². The van der Waals surface area contributed by atoms with Crippen molar-refractivity contribution in [1.29, 1.82) is 0 Å². The first-order chi connectivity index (χ1) is 13.0. The van der Waals surface area contributed by atoms with Crippen LogP contribution in [0.1, 0.15) is 11.1 Å². The number of hydrogen-bond acceptors (Lipinski definition) is 7. The molecule has 0 amide bonds. The highest BCUT2D eigenvalue weighted by atomic mass is 16.6. The molecular weight excluding hydrogens is 346 g/mol. The van der Waals surface area contributed by atoms with E-state index in [1.54, 1.807) is 31.4 Å². The quantitative estimate of drug-likeness (QED) is 0.490. The first-order valence-electron chi connectivity index (χ1n) is 8.22. The summed E-state index contributed by atoms with van der Waals surface area (Å²) in [5.74, 6) is 0.843. The van der Waals surface area contributed by atoms with Gasteiger partial charge in [0.15, 0.2) is 0 Å². The van der Waals surface area contributed by atoms with E-state index < -0.39 is 4.92 Å². The number of ether oxygens (including phenoxy) is 1. The molecular formula is C19H19N5O3. The highest BCUT2D eigenvalue weighted by Gasteiger charge is 2.23. The standard InChI is InChI=1S/C19H19N5O3/c1-12-7-8-13(2)16(9-12)23-19-17(24(25)26)18(20-11-21-19)22-14-5-4-6-15(10-14)27-3/h4-11H,1-3H3,(H2,20,21,22,23). The molecule has 0 atom stereocenters. The number of nitro groups is 1. The van der Waals surface area contributed by atoms with Gasteiger partial charge in [-0.3, -0.25) is 10.1 Å². The van der Waals surface area contributed by atoms with Crippen molar-refractivity contribution in [3.8, 4) is 5.75 Å². The van der Waals surface area contributed by atoms with Crippen LogP contribution in [-0.4, -0.2) is 22.0 Å². The molecule has 8 heteroatoms. The Morgan fingerprint density at radius 3 is 2.48 bits per heavy atom. The van der Waals surface area contributed by atoms with Crippen LogP contribution in [0.3, 0.4) is 0 Å². The van der Waals surface area contributed by atoms with Crippen molar-refractivity contribution in [2.24, 2.45) is 0 Å². The largest absolute Gasteiger partial charge is 0.497 e. The summed E-state index contributed by atoms with van der Waals surface area (Å²) < 4.78 is 5.18. The number of benzene rings is 2. The Kier molecular flexibility index (Phi) is 5.16. The highest BCUT2D eigenvalue weighted by molar-refractivity contribution is 5.77. The van der Waals surface area contributed by atoms with E-state index in [1.165, 1.54) is 6.33 Å². The van der Waals surface area contributed by atoms with E-state index in [1.807, 2.05) is 32.0 Å². The van der Waals surface area contributed by atoms with Gasteiger partial charge in [0.05, 0.1) is 12.0 Å². The topological polar surface area (TPSA) is 102 Å². The number of anilines is 4. The predicted octanol–water partition coefficient (Wildman–Crippen LogP) is 4.50. The highest BCUT2D eigenvalue weighted by Crippen LogP contribution is 2.34. The van der Waals surface area contributed by atoms with Crippen molar-refractivity contribution in [3.05, 3.63) is 70.0 Å². The molecule has 0 radical (unpaired) electrons.